The summed E-state index contributed by atoms with van der Waals surface area (Å²) in [5, 5.41) is 77.9. The highest BCUT2D eigenvalue weighted by molar-refractivity contribution is 6.00. The summed E-state index contributed by atoms with van der Waals surface area (Å²) in [6, 6.07) is -12.2. The van der Waals surface area contributed by atoms with Crippen molar-refractivity contribution in [3.05, 3.63) is 35.9 Å². The van der Waals surface area contributed by atoms with Gasteiger partial charge in [0.15, 0.2) is 24.2 Å². The number of rotatable bonds is 22. The van der Waals surface area contributed by atoms with E-state index in [-0.39, 0.29) is 44.2 Å². The number of esters is 2. The molecular weight excluding hydrogens is 1250 g/mol. The number of aliphatic hydroxyl groups is 4. The van der Waals surface area contributed by atoms with Gasteiger partial charge in [-0.05, 0) is 82.1 Å². The first-order valence-electron chi connectivity index (χ1n) is 31.3. The van der Waals surface area contributed by atoms with E-state index in [1.165, 1.54) is 65.0 Å². The van der Waals surface area contributed by atoms with Gasteiger partial charge < -0.3 is 106 Å². The highest BCUT2D eigenvalue weighted by Gasteiger charge is 2.44. The van der Waals surface area contributed by atoms with Gasteiger partial charge in [0.1, 0.15) is 53.9 Å². The Morgan fingerprint density at radius 3 is 1.78 bits per heavy atom. The van der Waals surface area contributed by atoms with Crippen LogP contribution in [0.1, 0.15) is 140 Å². The fourth-order valence-electron chi connectivity index (χ4n) is 9.47. The smallest absolute Gasteiger partial charge is 0.331 e. The number of nitrogens with two attached hydrogens (primary N) is 3. The second-order valence-corrected chi connectivity index (χ2v) is 26.4. The highest BCUT2D eigenvalue weighted by Crippen LogP contribution is 2.25. The lowest BCUT2D eigenvalue weighted by Gasteiger charge is -2.33. The van der Waals surface area contributed by atoms with Crippen molar-refractivity contribution in [2.24, 2.45) is 40.4 Å². The van der Waals surface area contributed by atoms with Gasteiger partial charge in [-0.25, -0.2) is 4.79 Å². The molecule has 1 aliphatic rings. The van der Waals surface area contributed by atoms with Crippen LogP contribution in [-0.4, -0.2) is 207 Å². The van der Waals surface area contributed by atoms with Gasteiger partial charge in [0.25, 0.3) is 0 Å². The van der Waals surface area contributed by atoms with E-state index in [0.29, 0.717) is 0 Å². The zero-order valence-corrected chi connectivity index (χ0v) is 56.2. The van der Waals surface area contributed by atoms with E-state index in [9.17, 15) is 78.0 Å². The minimum absolute atomic E-state index is 0.00783. The first-order chi connectivity index (χ1) is 44.0. The number of amides is 11. The predicted molar refractivity (Wildman–Crippen MR) is 341 cm³/mol. The van der Waals surface area contributed by atoms with Crippen molar-refractivity contribution < 1.29 is 92.2 Å². The van der Waals surface area contributed by atoms with Crippen molar-refractivity contribution in [2.45, 2.75) is 219 Å². The van der Waals surface area contributed by atoms with Crippen molar-refractivity contribution in [3.63, 3.8) is 0 Å². The van der Waals surface area contributed by atoms with E-state index < -0.39 is 216 Å². The van der Waals surface area contributed by atoms with Crippen LogP contribution < -0.4 is 75.7 Å². The van der Waals surface area contributed by atoms with Gasteiger partial charge in [-0.3, -0.25) is 62.9 Å². The third-order valence-electron chi connectivity index (χ3n) is 14.7. The standard InChI is InChI=1S/C61H101N15O19/c1-14-30(6)40-54(89)74-41(31(7)78)53(88)67-26-38(79)72-43(46(82)48(63)83)56(91)71-37(27-77)58(93)94-47(32-19-16-15-17-20-32)44(76-52(87)36(24-39(80)95-61(11,12)13)69-49(84)33(62)25-60(8,9)10)57(92)75-42(45(81)29(4)5)55(90)70-35(23-28(2)3)51(86)68-34(50(85)73-40)21-18-22-66-59(64)65/h15-17,19-20,28-31,33-37,40-47,77-78,81-82H,14,18,21-27,62H2,1-13H3,(H2,63,83)(H,67,88)(H,68,86)(H,69,84)(H,70,90)(H,71,91)(H,72,79)(H,73,85)(H,74,89)(H,75,92)(H,76,87)(H4,64,65,66)/t30-,31-,33+,34+,35-,36-,37-,40?,41-,42-,43-,44-,45+,46-,47+/m0/s1. The Hall–Kier alpha value is -8.60. The van der Waals surface area contributed by atoms with Gasteiger partial charge in [-0.15, -0.1) is 0 Å². The van der Waals surface area contributed by atoms with Crippen LogP contribution >= 0.6 is 0 Å². The average molecular weight is 1350 g/mol. The first kappa shape index (κ1) is 82.5. The van der Waals surface area contributed by atoms with Crippen LogP contribution in [0.5, 0.6) is 0 Å². The van der Waals surface area contributed by atoms with E-state index in [1.54, 1.807) is 48.5 Å². The molecule has 1 aliphatic heterocycles. The predicted octanol–water partition coefficient (Wildman–Crippen LogP) is -5.15. The van der Waals surface area contributed by atoms with Crippen LogP contribution in [0.4, 0.5) is 0 Å². The number of carbonyl (C=O) groups excluding carboxylic acids is 13. The number of primary amides is 1. The van der Waals surface area contributed by atoms with Gasteiger partial charge in [0, 0.05) is 6.54 Å². The summed E-state index contributed by atoms with van der Waals surface area (Å²) < 4.78 is 11.4. The third-order valence-corrected chi connectivity index (χ3v) is 14.7. The number of guanidine groups is 1. The molecule has 1 fully saturated rings. The molecule has 0 aliphatic carbocycles. The molecule has 0 radical (unpaired) electrons. The summed E-state index contributed by atoms with van der Waals surface area (Å²) >= 11 is 0. The molecule has 0 spiro atoms. The maximum atomic E-state index is 15.5. The molecular formula is C61H101N15O19. The monoisotopic (exact) mass is 1350 g/mol. The molecule has 11 amide bonds. The number of nitrogens with one attached hydrogen (secondary N) is 12. The SMILES string of the molecule is CC[C@H](C)C1NC(=O)[C@@H](CCCNC(=N)N)NC(=O)[C@H](CC(C)C)NC(=O)[C@H]([C@H](O)C(C)C)NC(=O)[C@@H](NC(=O)[C@H](CC(=O)OC(C)(C)C)NC(=O)[C@H](N)CC(C)(C)C)[C@@H](c2ccccc2)OC(=O)[C@H](CO)NC(=O)[C@H]([C@H](O)C(N)=O)NC(=O)CNC(=O)[C@H]([C@H](C)O)NC1=O. The van der Waals surface area contributed by atoms with Crippen LogP contribution in [0, 0.1) is 28.6 Å². The molecule has 34 heteroatoms. The van der Waals surface area contributed by atoms with Crippen molar-refractivity contribution in [1.82, 2.24) is 58.5 Å². The molecule has 1 heterocycles. The fourth-order valence-corrected chi connectivity index (χ4v) is 9.47. The largest absolute Gasteiger partial charge is 0.460 e. The third kappa shape index (κ3) is 28.1. The van der Waals surface area contributed by atoms with Gasteiger partial charge in [-0.2, -0.15) is 0 Å². The van der Waals surface area contributed by atoms with E-state index in [0.717, 1.165) is 6.92 Å². The number of hydrogen-bond donors (Lipinski definition) is 19. The molecule has 0 bridgehead atoms. The zero-order valence-electron chi connectivity index (χ0n) is 56.2. The Labute approximate surface area is 552 Å². The Morgan fingerprint density at radius 1 is 0.705 bits per heavy atom. The van der Waals surface area contributed by atoms with E-state index >= 15 is 4.79 Å². The van der Waals surface area contributed by atoms with E-state index in [1.807, 2.05) is 10.6 Å². The topological polar surface area (TPSA) is 556 Å². The molecule has 22 N–H and O–H groups in total. The molecule has 34 nitrogen and oxygen atoms in total. The number of hydrogen-bond acceptors (Lipinski definition) is 21. The number of benzene rings is 1. The lowest BCUT2D eigenvalue weighted by molar-refractivity contribution is -0.159. The molecule has 1 saturated heterocycles. The van der Waals surface area contributed by atoms with E-state index in [4.69, 9.17) is 32.1 Å². The second-order valence-electron chi connectivity index (χ2n) is 26.4. The Kier molecular flexibility index (Phi) is 33.1. The normalized spacial score (nSPS) is 24.2. The number of aliphatic hydroxyl groups excluding tert-OH is 4. The van der Waals surface area contributed by atoms with Crippen LogP contribution in [0.25, 0.3) is 0 Å². The van der Waals surface area contributed by atoms with Crippen LogP contribution in [0.15, 0.2) is 30.3 Å². The molecule has 15 atom stereocenters. The van der Waals surface area contributed by atoms with Crippen molar-refractivity contribution in [3.8, 4) is 0 Å². The first-order valence-corrected chi connectivity index (χ1v) is 31.3. The molecule has 1 unspecified atom stereocenters. The average Bonchev–Trinajstić information content (AvgIpc) is 0.858. The Balaban J connectivity index is 3.19. The fraction of sp³-hybridized carbons (Fsp3) is 0.672. The highest BCUT2D eigenvalue weighted by atomic mass is 16.6. The van der Waals surface area contributed by atoms with Crippen LogP contribution in [-0.2, 0) is 71.8 Å². The second kappa shape index (κ2) is 38.1. The Morgan fingerprint density at radius 2 is 1.25 bits per heavy atom. The summed E-state index contributed by atoms with van der Waals surface area (Å²) in [4.78, 5) is 184. The molecule has 0 saturated carbocycles. The van der Waals surface area contributed by atoms with Crippen molar-refractivity contribution in [1.29, 1.82) is 5.41 Å². The number of cyclic esters (lactones) is 1. The van der Waals surface area contributed by atoms with Crippen LogP contribution in [0.3, 0.4) is 0 Å². The maximum Gasteiger partial charge on any atom is 0.331 e. The summed E-state index contributed by atoms with van der Waals surface area (Å²) in [5.41, 5.74) is 15.3. The summed E-state index contributed by atoms with van der Waals surface area (Å²) in [6.07, 6.45) is -9.42. The summed E-state index contributed by atoms with van der Waals surface area (Å²) in [5.74, 6) is -19.1. The van der Waals surface area contributed by atoms with Gasteiger partial charge in [-0.1, -0.05) is 99.1 Å². The molecule has 1 aromatic rings. The van der Waals surface area contributed by atoms with Crippen molar-refractivity contribution >= 4 is 82.9 Å². The molecule has 2 rings (SSSR count). The van der Waals surface area contributed by atoms with Gasteiger partial charge in [0.2, 0.25) is 65.0 Å². The maximum absolute atomic E-state index is 15.5. The molecule has 0 aromatic heterocycles. The molecule has 534 valence electrons. The summed E-state index contributed by atoms with van der Waals surface area (Å²) in [7, 11) is 0. The zero-order chi connectivity index (χ0) is 72.6. The lowest BCUT2D eigenvalue weighted by Crippen LogP contribution is -2.64. The quantitative estimate of drug-likeness (QED) is 0.0223. The van der Waals surface area contributed by atoms with E-state index in [2.05, 4.69) is 47.9 Å². The number of ether oxygens (including phenoxy) is 2. The van der Waals surface area contributed by atoms with Crippen molar-refractivity contribution in [2.75, 3.05) is 19.7 Å². The van der Waals surface area contributed by atoms with Crippen LogP contribution in [0.2, 0.25) is 0 Å². The minimum atomic E-state index is -2.61. The van der Waals surface area contributed by atoms with Gasteiger partial charge in [0.05, 0.1) is 37.8 Å². The molecule has 95 heavy (non-hydrogen) atoms. The Bertz CT molecular complexity index is 2850. The summed E-state index contributed by atoms with van der Waals surface area (Å²) in [6.45, 7) is 17.9. The van der Waals surface area contributed by atoms with Gasteiger partial charge >= 0.3 is 11.9 Å². The molecule has 1 aromatic carbocycles. The number of carbonyl (C=O) groups is 13. The lowest BCUT2D eigenvalue weighted by atomic mass is 9.88. The minimum Gasteiger partial charge on any atom is -0.460 e.